The summed E-state index contributed by atoms with van der Waals surface area (Å²) in [5, 5.41) is 15.0. The second-order valence-electron chi connectivity index (χ2n) is 13.4. The van der Waals surface area contributed by atoms with Crippen molar-refractivity contribution in [3.05, 3.63) is 36.4 Å². The van der Waals surface area contributed by atoms with E-state index in [0.717, 1.165) is 0 Å². The number of nitrogens with zero attached hydrogens (tertiary/aromatic N) is 9. The Bertz CT molecular complexity index is 1450. The van der Waals surface area contributed by atoms with Crippen molar-refractivity contribution in [2.24, 2.45) is 49.8 Å². The highest BCUT2D eigenvalue weighted by Crippen LogP contribution is 2.18. The molecule has 2 rings (SSSR count). The quantitative estimate of drug-likeness (QED) is 0.0445. The number of nitrogens with two attached hydrogens (primary N) is 6. The minimum absolute atomic E-state index is 0.0105. The summed E-state index contributed by atoms with van der Waals surface area (Å²) in [5.41, 5.74) is 32.3. The van der Waals surface area contributed by atoms with Crippen LogP contribution in [0, 0.1) is 16.2 Å². The number of amides is 2. The number of Topliss-reactive ketones (excluding diaryl/α,β-unsaturated/α-hetero) is 1. The number of rotatable bonds is 24. The van der Waals surface area contributed by atoms with Gasteiger partial charge in [0, 0.05) is 69.2 Å². The monoisotopic (exact) mass is 727 g/mol. The van der Waals surface area contributed by atoms with Gasteiger partial charge in [-0.15, -0.1) is 0 Å². The summed E-state index contributed by atoms with van der Waals surface area (Å²) >= 11 is 0. The maximum atomic E-state index is 13.5. The number of guanidine groups is 2. The number of ketones is 1. The van der Waals surface area contributed by atoms with Crippen LogP contribution in [0.5, 0.6) is 0 Å². The summed E-state index contributed by atoms with van der Waals surface area (Å²) in [7, 11) is 0. The van der Waals surface area contributed by atoms with Crippen molar-refractivity contribution in [2.45, 2.75) is 72.6 Å². The van der Waals surface area contributed by atoms with Crippen LogP contribution >= 0.6 is 0 Å². The van der Waals surface area contributed by atoms with Crippen molar-refractivity contribution in [1.29, 1.82) is 10.8 Å². The molecule has 0 radical (unpaired) electrons. The topological polar surface area (TPSA) is 325 Å². The van der Waals surface area contributed by atoms with Crippen molar-refractivity contribution in [2.75, 3.05) is 45.8 Å². The highest BCUT2D eigenvalue weighted by Gasteiger charge is 2.26. The molecular weight excluding hydrogens is 670 g/mol. The molecule has 0 unspecified atom stereocenters. The number of aromatic nitrogens is 4. The molecule has 20 heteroatoms. The van der Waals surface area contributed by atoms with Crippen LogP contribution in [0.25, 0.3) is 0 Å². The Morgan fingerprint density at radius 3 is 1.46 bits per heavy atom. The number of carbonyl (C=O) groups excluding carboxylic acids is 3. The maximum Gasteiger partial charge on any atom is 0.242 e. The van der Waals surface area contributed by atoms with Gasteiger partial charge in [0.05, 0.1) is 44.4 Å². The first-order chi connectivity index (χ1) is 24.5. The molecule has 0 fully saturated rings. The van der Waals surface area contributed by atoms with E-state index >= 15 is 0 Å². The number of hydrogen-bond acceptors (Lipinski definition) is 10. The van der Waals surface area contributed by atoms with Crippen LogP contribution < -0.4 is 34.4 Å². The van der Waals surface area contributed by atoms with Crippen LogP contribution in [0.3, 0.4) is 0 Å². The largest absolute Gasteiger partial charge is 0.388 e. The van der Waals surface area contributed by atoms with Gasteiger partial charge in [-0.1, -0.05) is 20.8 Å². The summed E-state index contributed by atoms with van der Waals surface area (Å²) in [4.78, 5) is 62.4. The van der Waals surface area contributed by atoms with E-state index in [4.69, 9.17) is 45.2 Å². The second kappa shape index (κ2) is 21.0. The number of hydrogen-bond donors (Lipinski definition) is 8. The molecule has 0 aliphatic carbocycles. The Balaban J connectivity index is 2.28. The van der Waals surface area contributed by atoms with Gasteiger partial charge in [0.1, 0.15) is 24.7 Å². The van der Waals surface area contributed by atoms with Crippen molar-refractivity contribution >= 4 is 41.2 Å². The van der Waals surface area contributed by atoms with E-state index in [1.807, 2.05) is 25.7 Å². The zero-order chi connectivity index (χ0) is 38.8. The van der Waals surface area contributed by atoms with Gasteiger partial charge in [-0.3, -0.25) is 40.1 Å². The standard InChI is InChI=1S/C32H57N17O3/c1-32(2,3)23(50)18-45(19-26-41-8-16-48(26)21-28(51)46(12-4-6-24(33)34)14-10-43-30(37)38)20-27-42-9-17-49(27)22-29(52)47(13-5-7-25(35)36)15-11-44-31(39)40/h8-9,16-17H,4-7,10-15,18-22H2,1-3H3,(H3,33,34)(H3,35,36)(H4,37,38,43)(H4,39,40,44). The molecule has 0 saturated heterocycles. The smallest absolute Gasteiger partial charge is 0.242 e. The summed E-state index contributed by atoms with van der Waals surface area (Å²) in [6, 6.07) is 0. The Hall–Kier alpha value is -5.53. The van der Waals surface area contributed by atoms with E-state index in [-0.39, 0.29) is 100 Å². The minimum Gasteiger partial charge on any atom is -0.388 e. The molecule has 288 valence electrons. The first-order valence-corrected chi connectivity index (χ1v) is 17.0. The lowest BCUT2D eigenvalue weighted by Crippen LogP contribution is -2.39. The van der Waals surface area contributed by atoms with E-state index in [1.165, 1.54) is 0 Å². The average molecular weight is 728 g/mol. The second-order valence-corrected chi connectivity index (χ2v) is 13.4. The van der Waals surface area contributed by atoms with E-state index in [9.17, 15) is 14.4 Å². The lowest BCUT2D eigenvalue weighted by molar-refractivity contribution is -0.132. The minimum atomic E-state index is -0.624. The number of imidazole rings is 2. The molecule has 0 aliphatic rings. The van der Waals surface area contributed by atoms with Crippen molar-refractivity contribution in [1.82, 2.24) is 33.8 Å². The average Bonchev–Trinajstić information content (AvgIpc) is 3.66. The maximum absolute atomic E-state index is 13.5. The number of carbonyl (C=O) groups is 3. The van der Waals surface area contributed by atoms with Gasteiger partial charge < -0.3 is 53.3 Å². The third kappa shape index (κ3) is 16.0. The summed E-state index contributed by atoms with van der Waals surface area (Å²) in [5.74, 6) is 0.605. The third-order valence-electron chi connectivity index (χ3n) is 7.93. The molecule has 2 amide bonds. The van der Waals surface area contributed by atoms with E-state index in [0.29, 0.717) is 50.4 Å². The van der Waals surface area contributed by atoms with Crippen molar-refractivity contribution < 1.29 is 14.4 Å². The molecule has 0 aromatic carbocycles. The number of nitrogens with one attached hydrogen (secondary N) is 2. The van der Waals surface area contributed by atoms with Crippen LogP contribution in [0.4, 0.5) is 0 Å². The first-order valence-electron chi connectivity index (χ1n) is 17.0. The fourth-order valence-corrected chi connectivity index (χ4v) is 5.01. The van der Waals surface area contributed by atoms with Crippen LogP contribution in [0.2, 0.25) is 0 Å². The number of aliphatic imine (C=N–C) groups is 2. The lowest BCUT2D eigenvalue weighted by atomic mass is 9.90. The SMILES string of the molecule is CC(C)(C)C(=O)CN(Cc1nccn1CC(=O)N(CCCC(=N)N)CCN=C(N)N)Cc1nccn1CC(=O)N(CCCC(=N)N)CCN=C(N)N. The molecule has 52 heavy (non-hydrogen) atoms. The Morgan fingerprint density at radius 2 is 1.12 bits per heavy atom. The Kier molecular flexibility index (Phi) is 17.2. The van der Waals surface area contributed by atoms with Gasteiger partial charge in [-0.25, -0.2) is 9.97 Å². The fourth-order valence-electron chi connectivity index (χ4n) is 5.01. The van der Waals surface area contributed by atoms with Gasteiger partial charge in [0.15, 0.2) is 17.7 Å². The first kappa shape index (κ1) is 42.6. The van der Waals surface area contributed by atoms with Crippen LogP contribution in [-0.2, 0) is 40.6 Å². The molecule has 0 spiro atoms. The van der Waals surface area contributed by atoms with Gasteiger partial charge in [-0.2, -0.15) is 0 Å². The summed E-state index contributed by atoms with van der Waals surface area (Å²) in [6.45, 7) is 7.66. The summed E-state index contributed by atoms with van der Waals surface area (Å²) < 4.78 is 3.45. The molecule has 0 bridgehead atoms. The molecule has 0 atom stereocenters. The van der Waals surface area contributed by atoms with E-state index in [2.05, 4.69) is 20.0 Å². The normalized spacial score (nSPS) is 11.2. The molecule has 2 heterocycles. The van der Waals surface area contributed by atoms with Crippen LogP contribution in [0.1, 0.15) is 58.1 Å². The van der Waals surface area contributed by atoms with Crippen LogP contribution in [0.15, 0.2) is 34.8 Å². The number of amidine groups is 2. The zero-order valence-electron chi connectivity index (χ0n) is 30.6. The molecule has 14 N–H and O–H groups in total. The highest BCUT2D eigenvalue weighted by molar-refractivity contribution is 5.85. The van der Waals surface area contributed by atoms with Gasteiger partial charge in [-0.05, 0) is 12.8 Å². The van der Waals surface area contributed by atoms with Crippen molar-refractivity contribution in [3.8, 4) is 0 Å². The summed E-state index contributed by atoms with van der Waals surface area (Å²) in [6.07, 6.45) is 8.27. The molecule has 2 aromatic heterocycles. The highest BCUT2D eigenvalue weighted by atomic mass is 16.2. The predicted molar refractivity (Wildman–Crippen MR) is 200 cm³/mol. The van der Waals surface area contributed by atoms with Crippen LogP contribution in [-0.4, -0.2) is 121 Å². The van der Waals surface area contributed by atoms with Crippen molar-refractivity contribution in [3.63, 3.8) is 0 Å². The van der Waals surface area contributed by atoms with E-state index in [1.54, 1.807) is 43.7 Å². The zero-order valence-corrected chi connectivity index (χ0v) is 30.6. The third-order valence-corrected chi connectivity index (χ3v) is 7.93. The van der Waals surface area contributed by atoms with Gasteiger partial charge in [0.2, 0.25) is 11.8 Å². The Labute approximate surface area is 304 Å². The van der Waals surface area contributed by atoms with Gasteiger partial charge in [0.25, 0.3) is 0 Å². The lowest BCUT2D eigenvalue weighted by Gasteiger charge is -2.27. The molecule has 0 aliphatic heterocycles. The molecular formula is C32H57N17O3. The van der Waals surface area contributed by atoms with E-state index < -0.39 is 5.41 Å². The molecule has 0 saturated carbocycles. The fraction of sp³-hybridized carbons (Fsp3) is 0.594. The van der Waals surface area contributed by atoms with Gasteiger partial charge >= 0.3 is 0 Å². The molecule has 2 aromatic rings. The molecule has 20 nitrogen and oxygen atoms in total. The Morgan fingerprint density at radius 1 is 0.712 bits per heavy atom. The predicted octanol–water partition coefficient (Wildman–Crippen LogP) is -1.67.